The summed E-state index contributed by atoms with van der Waals surface area (Å²) in [7, 11) is 0. The molecular formula is C17H13Pt. The third kappa shape index (κ3) is 2.54. The van der Waals surface area contributed by atoms with Crippen LogP contribution in [0.25, 0.3) is 5.57 Å². The van der Waals surface area contributed by atoms with Crippen molar-refractivity contribution in [3.05, 3.63) is 95.9 Å². The van der Waals surface area contributed by atoms with E-state index >= 15 is 0 Å². The van der Waals surface area contributed by atoms with E-state index < -0.39 is 0 Å². The number of hydrogen-bond acceptors (Lipinski definition) is 0. The minimum atomic E-state index is 0. The van der Waals surface area contributed by atoms with Gasteiger partial charge >= 0.3 is 0 Å². The van der Waals surface area contributed by atoms with Crippen LogP contribution < -0.4 is 0 Å². The first kappa shape index (κ1) is 13.0. The maximum Gasteiger partial charge on any atom is 0.0563 e. The summed E-state index contributed by atoms with van der Waals surface area (Å²) in [4.78, 5) is 0. The molecule has 0 amide bonds. The quantitative estimate of drug-likeness (QED) is 0.692. The molecule has 3 rings (SSSR count). The van der Waals surface area contributed by atoms with Gasteiger partial charge in [-0.05, 0) is 16.7 Å². The van der Waals surface area contributed by atoms with E-state index in [0.29, 0.717) is 0 Å². The molecule has 1 heteroatoms. The maximum atomic E-state index is 2.18. The van der Waals surface area contributed by atoms with Gasteiger partial charge in [0.05, 0.1) is 5.92 Å². The van der Waals surface area contributed by atoms with Gasteiger partial charge in [0.15, 0.2) is 0 Å². The normalized spacial score (nSPS) is 14.1. The van der Waals surface area contributed by atoms with Crippen molar-refractivity contribution in [1.29, 1.82) is 0 Å². The van der Waals surface area contributed by atoms with Crippen LogP contribution in [0.15, 0.2) is 78.9 Å². The van der Waals surface area contributed by atoms with Crippen molar-refractivity contribution in [3.63, 3.8) is 0 Å². The zero-order valence-corrected chi connectivity index (χ0v) is 12.1. The molecule has 0 aliphatic heterocycles. The molecular weight excluding hydrogens is 399 g/mol. The van der Waals surface area contributed by atoms with Gasteiger partial charge in [0, 0.05) is 21.1 Å². The fourth-order valence-electron chi connectivity index (χ4n) is 2.16. The smallest absolute Gasteiger partial charge is 0.0563 e. The average molecular weight is 412 g/mol. The van der Waals surface area contributed by atoms with E-state index in [1.165, 1.54) is 22.6 Å². The van der Waals surface area contributed by atoms with E-state index in [4.69, 9.17) is 0 Å². The van der Waals surface area contributed by atoms with Crippen molar-refractivity contribution in [2.75, 3.05) is 0 Å². The third-order valence-corrected chi connectivity index (χ3v) is 2.99. The molecule has 0 heterocycles. The van der Waals surface area contributed by atoms with E-state index in [-0.39, 0.29) is 21.1 Å². The van der Waals surface area contributed by atoms with Crippen molar-refractivity contribution in [1.82, 2.24) is 0 Å². The molecule has 1 aliphatic carbocycles. The Morgan fingerprint density at radius 2 is 1.17 bits per heavy atom. The summed E-state index contributed by atoms with van der Waals surface area (Å²) in [5, 5.41) is 0. The molecule has 0 aromatic heterocycles. The molecule has 0 N–H and O–H groups in total. The molecule has 1 radical (unpaired) electrons. The standard InChI is InChI=1S/C17H13.Pt/c1-3-8-14(9-4-1)16-12-7-13-17(16)15-10-5-2-6-11-15;/h1-13H;. The molecule has 0 atom stereocenters. The predicted octanol–water partition coefficient (Wildman–Crippen LogP) is 4.26. The summed E-state index contributed by atoms with van der Waals surface area (Å²) in [6.45, 7) is 0. The Bertz CT molecular complexity index is 553. The van der Waals surface area contributed by atoms with Crippen molar-refractivity contribution in [3.8, 4) is 0 Å². The first-order valence-electron chi connectivity index (χ1n) is 5.82. The molecule has 2 aromatic carbocycles. The van der Waals surface area contributed by atoms with Crippen LogP contribution in [0.1, 0.15) is 11.1 Å². The Balaban J connectivity index is 0.00000120. The SMILES string of the molecule is C1=C[C](c2ccccc2)C(c2ccccc2)=C1.[Pt]. The Kier molecular flexibility index (Phi) is 4.33. The number of hydrogen-bond donors (Lipinski definition) is 0. The zero-order chi connectivity index (χ0) is 11.5. The second kappa shape index (κ2) is 5.98. The van der Waals surface area contributed by atoms with Gasteiger partial charge in [-0.25, -0.2) is 0 Å². The van der Waals surface area contributed by atoms with Crippen LogP contribution in [0.5, 0.6) is 0 Å². The van der Waals surface area contributed by atoms with E-state index in [1.54, 1.807) is 0 Å². The molecule has 0 saturated heterocycles. The van der Waals surface area contributed by atoms with Gasteiger partial charge in [-0.1, -0.05) is 78.9 Å². The number of allylic oxidation sites excluding steroid dienone is 4. The van der Waals surface area contributed by atoms with Crippen molar-refractivity contribution in [2.45, 2.75) is 0 Å². The van der Waals surface area contributed by atoms with Crippen LogP contribution in [0.2, 0.25) is 0 Å². The zero-order valence-electron chi connectivity index (χ0n) is 9.82. The maximum absolute atomic E-state index is 2.18. The van der Waals surface area contributed by atoms with Crippen LogP contribution >= 0.6 is 0 Å². The Morgan fingerprint density at radius 1 is 0.611 bits per heavy atom. The average Bonchev–Trinajstić information content (AvgIpc) is 2.90. The van der Waals surface area contributed by atoms with Crippen LogP contribution in [-0.4, -0.2) is 0 Å². The Labute approximate surface area is 122 Å². The molecule has 2 aromatic rings. The largest absolute Gasteiger partial charge is 0.0680 e. The molecule has 0 bridgehead atoms. The fraction of sp³-hybridized carbons (Fsp3) is 0. The molecule has 1 aliphatic rings. The molecule has 0 saturated carbocycles. The summed E-state index contributed by atoms with van der Waals surface area (Å²) in [5.41, 5.74) is 3.85. The van der Waals surface area contributed by atoms with Gasteiger partial charge in [0.2, 0.25) is 0 Å². The van der Waals surface area contributed by atoms with E-state index in [1.807, 2.05) is 0 Å². The topological polar surface area (TPSA) is 0 Å². The molecule has 18 heavy (non-hydrogen) atoms. The Hall–Kier alpha value is -1.39. The summed E-state index contributed by atoms with van der Waals surface area (Å²) in [5.74, 6) is 1.30. The van der Waals surface area contributed by atoms with Crippen molar-refractivity contribution >= 4 is 5.57 Å². The van der Waals surface area contributed by atoms with Crippen LogP contribution in [0.3, 0.4) is 0 Å². The van der Waals surface area contributed by atoms with Crippen molar-refractivity contribution < 1.29 is 21.1 Å². The van der Waals surface area contributed by atoms with Crippen LogP contribution in [0.4, 0.5) is 0 Å². The molecule has 0 spiro atoms. The predicted molar refractivity (Wildman–Crippen MR) is 72.3 cm³/mol. The van der Waals surface area contributed by atoms with E-state index in [0.717, 1.165) is 0 Å². The van der Waals surface area contributed by atoms with Crippen LogP contribution in [0, 0.1) is 5.92 Å². The summed E-state index contributed by atoms with van der Waals surface area (Å²) < 4.78 is 0. The van der Waals surface area contributed by atoms with Gasteiger partial charge in [0.1, 0.15) is 0 Å². The minimum Gasteiger partial charge on any atom is -0.0680 e. The van der Waals surface area contributed by atoms with Crippen LogP contribution in [-0.2, 0) is 21.1 Å². The summed E-state index contributed by atoms with van der Waals surface area (Å²) >= 11 is 0. The molecule has 0 fully saturated rings. The first-order chi connectivity index (χ1) is 8.45. The van der Waals surface area contributed by atoms with Gasteiger partial charge < -0.3 is 0 Å². The third-order valence-electron chi connectivity index (χ3n) is 2.99. The van der Waals surface area contributed by atoms with Gasteiger partial charge in [-0.15, -0.1) is 0 Å². The van der Waals surface area contributed by atoms with Crippen molar-refractivity contribution in [2.24, 2.45) is 0 Å². The Morgan fingerprint density at radius 3 is 1.78 bits per heavy atom. The second-order valence-electron chi connectivity index (χ2n) is 4.09. The molecule has 91 valence electrons. The minimum absolute atomic E-state index is 0. The number of benzene rings is 2. The van der Waals surface area contributed by atoms with Gasteiger partial charge in [-0.3, -0.25) is 0 Å². The van der Waals surface area contributed by atoms with Gasteiger partial charge in [-0.2, -0.15) is 0 Å². The first-order valence-corrected chi connectivity index (χ1v) is 5.82. The number of rotatable bonds is 2. The monoisotopic (exact) mass is 412 g/mol. The molecule has 0 unspecified atom stereocenters. The van der Waals surface area contributed by atoms with E-state index in [2.05, 4.69) is 78.9 Å². The second-order valence-corrected chi connectivity index (χ2v) is 4.09. The summed E-state index contributed by atoms with van der Waals surface area (Å²) in [6, 6.07) is 21.0. The van der Waals surface area contributed by atoms with Gasteiger partial charge in [0.25, 0.3) is 0 Å². The fourth-order valence-corrected chi connectivity index (χ4v) is 2.16. The summed E-state index contributed by atoms with van der Waals surface area (Å²) in [6.07, 6.45) is 6.47. The molecule has 0 nitrogen and oxygen atoms in total. The van der Waals surface area contributed by atoms with E-state index in [9.17, 15) is 0 Å².